The van der Waals surface area contributed by atoms with Crippen molar-refractivity contribution in [2.45, 2.75) is 20.8 Å². The van der Waals surface area contributed by atoms with Crippen LogP contribution in [-0.2, 0) is 4.79 Å². The van der Waals surface area contributed by atoms with Gasteiger partial charge in [-0.25, -0.2) is 9.78 Å². The molecule has 0 atom stereocenters. The number of rotatable bonds is 3. The van der Waals surface area contributed by atoms with E-state index in [0.29, 0.717) is 22.4 Å². The van der Waals surface area contributed by atoms with Crippen LogP contribution in [0.1, 0.15) is 31.1 Å². The number of likely N-dealkylation sites (N-methyl/N-ethyl adjacent to an activating group) is 1. The highest BCUT2D eigenvalue weighted by Crippen LogP contribution is 2.27. The number of fused-ring (bicyclic) bond motifs is 1. The van der Waals surface area contributed by atoms with Gasteiger partial charge in [0.05, 0.1) is 11.1 Å². The smallest absolute Gasteiger partial charge is 0.336 e. The first-order valence-corrected chi connectivity index (χ1v) is 9.08. The van der Waals surface area contributed by atoms with Crippen molar-refractivity contribution >= 4 is 34.3 Å². The maximum absolute atomic E-state index is 12.2. The molecule has 7 heteroatoms. The van der Waals surface area contributed by atoms with E-state index in [0.717, 1.165) is 26.2 Å². The third-order valence-corrected chi connectivity index (χ3v) is 4.79. The number of nitrogens with one attached hydrogen (secondary N) is 1. The fourth-order valence-corrected chi connectivity index (χ4v) is 2.98. The highest BCUT2D eigenvalue weighted by molar-refractivity contribution is 6.05. The van der Waals surface area contributed by atoms with Gasteiger partial charge in [-0.15, -0.1) is 0 Å². The quantitative estimate of drug-likeness (QED) is 0.864. The van der Waals surface area contributed by atoms with Crippen molar-refractivity contribution in [2.75, 3.05) is 43.4 Å². The molecule has 0 unspecified atom stereocenters. The van der Waals surface area contributed by atoms with Crippen molar-refractivity contribution in [1.82, 2.24) is 9.88 Å². The Kier molecular flexibility index (Phi) is 5.06. The van der Waals surface area contributed by atoms with Gasteiger partial charge < -0.3 is 20.2 Å². The molecule has 0 radical (unpaired) electrons. The number of benzene rings is 1. The first kappa shape index (κ1) is 19.1. The standard InChI is InChI=1S/C20H26N4O3/c1-20(2,3)19(27)21-13-5-6-16-14(11-13)15(18(25)26)12-17(22-16)24-9-7-23(4)8-10-24/h5-6,11-12H,7-10H2,1-4H3,(H,21,27)(H,25,26). The molecule has 1 saturated heterocycles. The lowest BCUT2D eigenvalue weighted by Gasteiger charge is -2.33. The van der Waals surface area contributed by atoms with E-state index >= 15 is 0 Å². The summed E-state index contributed by atoms with van der Waals surface area (Å²) in [5, 5.41) is 13.1. The average Bonchev–Trinajstić information content (AvgIpc) is 2.60. The first-order valence-electron chi connectivity index (χ1n) is 9.08. The second kappa shape index (κ2) is 7.15. The highest BCUT2D eigenvalue weighted by Gasteiger charge is 2.22. The van der Waals surface area contributed by atoms with Gasteiger partial charge in [-0.05, 0) is 31.3 Å². The van der Waals surface area contributed by atoms with Crippen molar-refractivity contribution in [3.63, 3.8) is 0 Å². The van der Waals surface area contributed by atoms with Crippen LogP contribution in [-0.4, -0.2) is 60.1 Å². The summed E-state index contributed by atoms with van der Waals surface area (Å²) in [6, 6.07) is 6.84. The molecule has 1 aromatic heterocycles. The third kappa shape index (κ3) is 4.19. The summed E-state index contributed by atoms with van der Waals surface area (Å²) < 4.78 is 0. The number of carbonyl (C=O) groups excluding carboxylic acids is 1. The van der Waals surface area contributed by atoms with Crippen molar-refractivity contribution in [2.24, 2.45) is 5.41 Å². The highest BCUT2D eigenvalue weighted by atomic mass is 16.4. The number of carboxylic acid groups (broad SMARTS) is 1. The van der Waals surface area contributed by atoms with Crippen molar-refractivity contribution < 1.29 is 14.7 Å². The number of nitrogens with zero attached hydrogens (tertiary/aromatic N) is 3. The van der Waals surface area contributed by atoms with E-state index in [1.807, 2.05) is 20.8 Å². The van der Waals surface area contributed by atoms with Gasteiger partial charge >= 0.3 is 5.97 Å². The molecular weight excluding hydrogens is 344 g/mol. The molecule has 27 heavy (non-hydrogen) atoms. The summed E-state index contributed by atoms with van der Waals surface area (Å²) in [6.07, 6.45) is 0. The van der Waals surface area contributed by atoms with E-state index in [-0.39, 0.29) is 11.5 Å². The van der Waals surface area contributed by atoms with E-state index in [9.17, 15) is 14.7 Å². The summed E-state index contributed by atoms with van der Waals surface area (Å²) in [7, 11) is 2.07. The topological polar surface area (TPSA) is 85.8 Å². The van der Waals surface area contributed by atoms with Gasteiger partial charge in [-0.2, -0.15) is 0 Å². The number of hydrogen-bond donors (Lipinski definition) is 2. The Morgan fingerprint density at radius 3 is 2.37 bits per heavy atom. The zero-order valence-corrected chi connectivity index (χ0v) is 16.2. The Morgan fingerprint density at radius 2 is 1.78 bits per heavy atom. The maximum atomic E-state index is 12.2. The van der Waals surface area contributed by atoms with Gasteiger partial charge in [0, 0.05) is 42.7 Å². The summed E-state index contributed by atoms with van der Waals surface area (Å²) >= 11 is 0. The lowest BCUT2D eigenvalue weighted by molar-refractivity contribution is -0.123. The van der Waals surface area contributed by atoms with E-state index in [1.54, 1.807) is 24.3 Å². The predicted molar refractivity (Wildman–Crippen MR) is 106 cm³/mol. The molecule has 7 nitrogen and oxygen atoms in total. The Hall–Kier alpha value is -2.67. The number of pyridine rings is 1. The van der Waals surface area contributed by atoms with Crippen molar-refractivity contribution in [3.05, 3.63) is 29.8 Å². The molecule has 1 aliphatic heterocycles. The second-order valence-electron chi connectivity index (χ2n) is 8.06. The molecule has 1 aromatic carbocycles. The van der Waals surface area contributed by atoms with Crippen molar-refractivity contribution in [3.8, 4) is 0 Å². The van der Waals surface area contributed by atoms with Gasteiger partial charge in [0.15, 0.2) is 0 Å². The maximum Gasteiger partial charge on any atom is 0.336 e. The minimum atomic E-state index is -1.00. The molecule has 0 bridgehead atoms. The number of aromatic carboxylic acids is 1. The molecule has 0 spiro atoms. The fraction of sp³-hybridized carbons (Fsp3) is 0.450. The van der Waals surface area contributed by atoms with Gasteiger partial charge in [0.1, 0.15) is 5.82 Å². The monoisotopic (exact) mass is 370 g/mol. The van der Waals surface area contributed by atoms with Crippen LogP contribution in [0.2, 0.25) is 0 Å². The number of hydrogen-bond acceptors (Lipinski definition) is 5. The zero-order valence-electron chi connectivity index (χ0n) is 16.2. The number of carbonyl (C=O) groups is 2. The summed E-state index contributed by atoms with van der Waals surface area (Å²) in [5.74, 6) is -0.447. The van der Waals surface area contributed by atoms with Crippen LogP contribution < -0.4 is 10.2 Å². The molecule has 2 heterocycles. The SMILES string of the molecule is CN1CCN(c2cc(C(=O)O)c3cc(NC(=O)C(C)(C)C)ccc3n2)CC1. The minimum absolute atomic E-state index is 0.124. The van der Waals surface area contributed by atoms with Crippen LogP contribution in [0.5, 0.6) is 0 Å². The van der Waals surface area contributed by atoms with E-state index < -0.39 is 11.4 Å². The molecular formula is C20H26N4O3. The molecule has 144 valence electrons. The van der Waals surface area contributed by atoms with Gasteiger partial charge in [-0.1, -0.05) is 20.8 Å². The fourth-order valence-electron chi connectivity index (χ4n) is 2.98. The van der Waals surface area contributed by atoms with Crippen LogP contribution in [0.4, 0.5) is 11.5 Å². The average molecular weight is 370 g/mol. The number of aromatic nitrogens is 1. The van der Waals surface area contributed by atoms with E-state index in [2.05, 4.69) is 27.1 Å². The summed E-state index contributed by atoms with van der Waals surface area (Å²) in [5.41, 5.74) is 0.839. The minimum Gasteiger partial charge on any atom is -0.478 e. The lowest BCUT2D eigenvalue weighted by atomic mass is 9.95. The number of carboxylic acids is 1. The van der Waals surface area contributed by atoms with E-state index in [1.165, 1.54) is 0 Å². The van der Waals surface area contributed by atoms with Crippen LogP contribution in [0.25, 0.3) is 10.9 Å². The Balaban J connectivity index is 1.99. The molecule has 0 aliphatic carbocycles. The molecule has 3 rings (SSSR count). The number of amides is 1. The van der Waals surface area contributed by atoms with Crippen LogP contribution >= 0.6 is 0 Å². The normalized spacial score (nSPS) is 15.8. The van der Waals surface area contributed by atoms with Crippen molar-refractivity contribution in [1.29, 1.82) is 0 Å². The van der Waals surface area contributed by atoms with Gasteiger partial charge in [0.25, 0.3) is 0 Å². The predicted octanol–water partition coefficient (Wildman–Crippen LogP) is 2.67. The van der Waals surface area contributed by atoms with Gasteiger partial charge in [0.2, 0.25) is 5.91 Å². The molecule has 0 saturated carbocycles. The number of anilines is 2. The van der Waals surface area contributed by atoms with Crippen LogP contribution in [0, 0.1) is 5.41 Å². The van der Waals surface area contributed by atoms with Crippen LogP contribution in [0.3, 0.4) is 0 Å². The largest absolute Gasteiger partial charge is 0.478 e. The molecule has 1 fully saturated rings. The zero-order chi connectivity index (χ0) is 19.8. The van der Waals surface area contributed by atoms with E-state index in [4.69, 9.17) is 0 Å². The van der Waals surface area contributed by atoms with Crippen LogP contribution in [0.15, 0.2) is 24.3 Å². The summed E-state index contributed by atoms with van der Waals surface area (Å²) in [6.45, 7) is 8.95. The Morgan fingerprint density at radius 1 is 1.11 bits per heavy atom. The molecule has 2 aromatic rings. The Bertz CT molecular complexity index is 881. The lowest BCUT2D eigenvalue weighted by Crippen LogP contribution is -2.44. The second-order valence-corrected chi connectivity index (χ2v) is 8.06. The van der Waals surface area contributed by atoms with Gasteiger partial charge in [-0.3, -0.25) is 4.79 Å². The number of piperazine rings is 1. The first-order chi connectivity index (χ1) is 12.6. The molecule has 1 aliphatic rings. The molecule has 2 N–H and O–H groups in total. The molecule has 1 amide bonds. The summed E-state index contributed by atoms with van der Waals surface area (Å²) in [4.78, 5) is 33.1. The third-order valence-electron chi connectivity index (χ3n) is 4.79. The Labute approximate surface area is 159 Å².